The van der Waals surface area contributed by atoms with Crippen molar-refractivity contribution in [3.63, 3.8) is 0 Å². The van der Waals surface area contributed by atoms with Crippen LogP contribution in [0.3, 0.4) is 0 Å². The molecule has 3 rings (SSSR count). The van der Waals surface area contributed by atoms with Crippen molar-refractivity contribution in [2.45, 2.75) is 13.1 Å². The Morgan fingerprint density at radius 3 is 2.41 bits per heavy atom. The number of amides is 1. The molecule has 0 fully saturated rings. The lowest BCUT2D eigenvalue weighted by Gasteiger charge is -2.07. The van der Waals surface area contributed by atoms with Crippen LogP contribution in [0.15, 0.2) is 65.1 Å². The highest BCUT2D eigenvalue weighted by atomic mass is 19.4. The number of alkyl halides is 3. The molecule has 1 aromatic heterocycles. The summed E-state index contributed by atoms with van der Waals surface area (Å²) in [6.07, 6.45) is -4.47. The van der Waals surface area contributed by atoms with Crippen LogP contribution in [0.25, 0.3) is 11.3 Å². The van der Waals surface area contributed by atoms with Gasteiger partial charge in [0.25, 0.3) is 5.91 Å². The third-order valence-electron chi connectivity index (χ3n) is 3.83. The Labute approximate surface area is 152 Å². The van der Waals surface area contributed by atoms with Crippen LogP contribution in [-0.4, -0.2) is 11.7 Å². The van der Waals surface area contributed by atoms with Crippen LogP contribution in [0.5, 0.6) is 0 Å². The Hall–Kier alpha value is -3.35. The number of hydrogen-bond acceptors (Lipinski definition) is 3. The van der Waals surface area contributed by atoms with Crippen LogP contribution < -0.4 is 5.32 Å². The average molecular weight is 373 g/mol. The number of nitrogens with one attached hydrogen (secondary N) is 1. The van der Waals surface area contributed by atoms with Crippen LogP contribution in [0.4, 0.5) is 18.9 Å². The van der Waals surface area contributed by atoms with E-state index in [4.69, 9.17) is 4.42 Å². The van der Waals surface area contributed by atoms with Gasteiger partial charge in [-0.2, -0.15) is 13.2 Å². The van der Waals surface area contributed by atoms with Crippen LogP contribution in [0, 0.1) is 0 Å². The van der Waals surface area contributed by atoms with Gasteiger partial charge in [-0.15, -0.1) is 0 Å². The molecule has 27 heavy (non-hydrogen) atoms. The molecule has 2 aromatic carbocycles. The summed E-state index contributed by atoms with van der Waals surface area (Å²) < 4.78 is 43.9. The quantitative estimate of drug-likeness (QED) is 0.621. The van der Waals surface area contributed by atoms with E-state index in [2.05, 4.69) is 5.32 Å². The third-order valence-corrected chi connectivity index (χ3v) is 3.83. The highest BCUT2D eigenvalue weighted by Crippen LogP contribution is 2.32. The Bertz CT molecular complexity index is 1010. The highest BCUT2D eigenvalue weighted by Gasteiger charge is 2.30. The molecule has 7 heteroatoms. The van der Waals surface area contributed by atoms with E-state index in [1.54, 1.807) is 18.2 Å². The standard InChI is InChI=1S/C20H14F3NO3/c1-12(25)13-4-3-7-16(11-13)24-19(26)18-9-8-17(27-18)14-5-2-6-15(10-14)20(21,22)23/h2-11H,1H3,(H,24,26). The topological polar surface area (TPSA) is 59.3 Å². The summed E-state index contributed by atoms with van der Waals surface area (Å²) in [6.45, 7) is 1.41. The van der Waals surface area contributed by atoms with Gasteiger partial charge in [-0.3, -0.25) is 9.59 Å². The molecule has 0 unspecified atom stereocenters. The maximum absolute atomic E-state index is 12.8. The summed E-state index contributed by atoms with van der Waals surface area (Å²) in [6, 6.07) is 13.8. The Kier molecular flexibility index (Phi) is 4.85. The molecule has 1 amide bonds. The first kappa shape index (κ1) is 18.4. The van der Waals surface area contributed by atoms with Crippen LogP contribution >= 0.6 is 0 Å². The van der Waals surface area contributed by atoms with E-state index in [-0.39, 0.29) is 22.9 Å². The molecule has 0 aliphatic heterocycles. The van der Waals surface area contributed by atoms with Gasteiger partial charge in [-0.05, 0) is 43.3 Å². The second kappa shape index (κ2) is 7.11. The van der Waals surface area contributed by atoms with Gasteiger partial charge in [0.05, 0.1) is 5.56 Å². The van der Waals surface area contributed by atoms with E-state index in [1.807, 2.05) is 0 Å². The molecule has 1 heterocycles. The third kappa shape index (κ3) is 4.25. The first-order chi connectivity index (χ1) is 12.7. The first-order valence-corrected chi connectivity index (χ1v) is 7.94. The molecule has 0 saturated heterocycles. The molecule has 1 N–H and O–H groups in total. The predicted molar refractivity (Wildman–Crippen MR) is 93.5 cm³/mol. The number of hydrogen-bond donors (Lipinski definition) is 1. The van der Waals surface area contributed by atoms with Crippen molar-refractivity contribution in [3.05, 3.63) is 77.6 Å². The number of Topliss-reactive ketones (excluding diaryl/α,β-unsaturated/α-hetero) is 1. The van der Waals surface area contributed by atoms with Gasteiger partial charge in [-0.25, -0.2) is 0 Å². The molecule has 138 valence electrons. The van der Waals surface area contributed by atoms with Gasteiger partial charge in [0.2, 0.25) is 0 Å². The second-order valence-electron chi connectivity index (χ2n) is 5.83. The predicted octanol–water partition coefficient (Wildman–Crippen LogP) is 5.42. The minimum Gasteiger partial charge on any atom is -0.451 e. The summed E-state index contributed by atoms with van der Waals surface area (Å²) in [7, 11) is 0. The summed E-state index contributed by atoms with van der Waals surface area (Å²) in [5.41, 5.74) is 0.257. The second-order valence-corrected chi connectivity index (χ2v) is 5.83. The monoisotopic (exact) mass is 373 g/mol. The van der Waals surface area contributed by atoms with E-state index in [0.29, 0.717) is 11.3 Å². The summed E-state index contributed by atoms with van der Waals surface area (Å²) in [5.74, 6) is -0.635. The summed E-state index contributed by atoms with van der Waals surface area (Å²) in [4.78, 5) is 23.7. The van der Waals surface area contributed by atoms with Crippen molar-refractivity contribution in [1.82, 2.24) is 0 Å². The molecule has 0 aliphatic carbocycles. The average Bonchev–Trinajstić information content (AvgIpc) is 3.11. The van der Waals surface area contributed by atoms with Crippen molar-refractivity contribution in [2.24, 2.45) is 0 Å². The SMILES string of the molecule is CC(=O)c1cccc(NC(=O)c2ccc(-c3cccc(C(F)(F)F)c3)o2)c1. The lowest BCUT2D eigenvalue weighted by Crippen LogP contribution is -2.11. The molecule has 3 aromatic rings. The van der Waals surface area contributed by atoms with E-state index in [0.717, 1.165) is 12.1 Å². The van der Waals surface area contributed by atoms with Crippen molar-refractivity contribution in [3.8, 4) is 11.3 Å². The Morgan fingerprint density at radius 2 is 1.70 bits per heavy atom. The largest absolute Gasteiger partial charge is 0.451 e. The summed E-state index contributed by atoms with van der Waals surface area (Å²) >= 11 is 0. The highest BCUT2D eigenvalue weighted by molar-refractivity contribution is 6.03. The van der Waals surface area contributed by atoms with Crippen molar-refractivity contribution >= 4 is 17.4 Å². The first-order valence-electron chi connectivity index (χ1n) is 7.94. The van der Waals surface area contributed by atoms with Gasteiger partial charge < -0.3 is 9.73 Å². The minimum absolute atomic E-state index is 0.0596. The van der Waals surface area contributed by atoms with E-state index >= 15 is 0 Å². The number of carbonyl (C=O) groups excluding carboxylic acids is 2. The number of benzene rings is 2. The molecule has 0 saturated carbocycles. The normalized spacial score (nSPS) is 11.3. The zero-order valence-electron chi connectivity index (χ0n) is 14.1. The van der Waals surface area contributed by atoms with E-state index in [1.165, 1.54) is 37.3 Å². The van der Waals surface area contributed by atoms with Gasteiger partial charge in [0.1, 0.15) is 5.76 Å². The maximum atomic E-state index is 12.8. The molecule has 4 nitrogen and oxygen atoms in total. The van der Waals surface area contributed by atoms with Crippen LogP contribution in [0.1, 0.15) is 33.4 Å². The Morgan fingerprint density at radius 1 is 0.963 bits per heavy atom. The maximum Gasteiger partial charge on any atom is 0.416 e. The Balaban J connectivity index is 1.81. The molecular weight excluding hydrogens is 359 g/mol. The fourth-order valence-electron chi connectivity index (χ4n) is 2.47. The van der Waals surface area contributed by atoms with Crippen molar-refractivity contribution in [2.75, 3.05) is 5.32 Å². The number of halogens is 3. The molecule has 0 bridgehead atoms. The lowest BCUT2D eigenvalue weighted by molar-refractivity contribution is -0.137. The molecular formula is C20H14F3NO3. The van der Waals surface area contributed by atoms with Gasteiger partial charge in [0.15, 0.2) is 11.5 Å². The molecule has 0 radical (unpaired) electrons. The van der Waals surface area contributed by atoms with E-state index < -0.39 is 17.6 Å². The molecule has 0 spiro atoms. The van der Waals surface area contributed by atoms with Crippen molar-refractivity contribution < 1.29 is 27.2 Å². The van der Waals surface area contributed by atoms with Crippen LogP contribution in [0.2, 0.25) is 0 Å². The smallest absolute Gasteiger partial charge is 0.416 e. The van der Waals surface area contributed by atoms with Gasteiger partial charge in [0, 0.05) is 16.8 Å². The van der Waals surface area contributed by atoms with Crippen LogP contribution in [-0.2, 0) is 6.18 Å². The number of anilines is 1. The fraction of sp³-hybridized carbons (Fsp3) is 0.100. The fourth-order valence-corrected chi connectivity index (χ4v) is 2.47. The zero-order valence-corrected chi connectivity index (χ0v) is 14.1. The molecule has 0 aliphatic rings. The minimum atomic E-state index is -4.47. The zero-order chi connectivity index (χ0) is 19.6. The van der Waals surface area contributed by atoms with Crippen molar-refractivity contribution in [1.29, 1.82) is 0 Å². The lowest BCUT2D eigenvalue weighted by atomic mass is 10.1. The number of carbonyl (C=O) groups is 2. The molecule has 0 atom stereocenters. The van der Waals surface area contributed by atoms with Gasteiger partial charge in [-0.1, -0.05) is 24.3 Å². The van der Waals surface area contributed by atoms with E-state index in [9.17, 15) is 22.8 Å². The summed E-state index contributed by atoms with van der Waals surface area (Å²) in [5, 5.41) is 2.59. The van der Waals surface area contributed by atoms with Gasteiger partial charge >= 0.3 is 6.18 Å². The number of ketones is 1. The number of rotatable bonds is 4. The number of furan rings is 1.